The lowest BCUT2D eigenvalue weighted by molar-refractivity contribution is -0.870. The van der Waals surface area contributed by atoms with Crippen molar-refractivity contribution < 1.29 is 42.1 Å². The first-order valence-electron chi connectivity index (χ1n) is 41.3. The van der Waals surface area contributed by atoms with E-state index in [0.29, 0.717) is 17.4 Å². The maximum atomic E-state index is 12.9. The highest BCUT2D eigenvalue weighted by atomic mass is 31.2. The fourth-order valence-electron chi connectivity index (χ4n) is 11.7. The van der Waals surface area contributed by atoms with Crippen LogP contribution in [0.25, 0.3) is 0 Å². The molecule has 2 unspecified atom stereocenters. The van der Waals surface area contributed by atoms with E-state index in [1.807, 2.05) is 21.1 Å². The van der Waals surface area contributed by atoms with Crippen LogP contribution in [0.15, 0.2) is 122 Å². The molecule has 0 aromatic carbocycles. The molecule has 98 heavy (non-hydrogen) atoms. The average Bonchev–Trinajstić information content (AvgIpc) is 1.08. The Bertz CT molecular complexity index is 2070. The molecule has 0 rings (SSSR count). The van der Waals surface area contributed by atoms with Crippen molar-refractivity contribution in [3.63, 3.8) is 0 Å². The molecular weight excluding hydrogens is 1230 g/mol. The molecule has 0 bridgehead atoms. The van der Waals surface area contributed by atoms with Gasteiger partial charge in [0, 0.05) is 12.8 Å². The molecule has 0 fully saturated rings. The summed E-state index contributed by atoms with van der Waals surface area (Å²) >= 11 is 0. The number of carbonyl (C=O) groups excluding carboxylic acids is 2. The number of likely N-dealkylation sites (N-methyl/N-ethyl adjacent to an activating group) is 1. The van der Waals surface area contributed by atoms with Crippen LogP contribution in [0.4, 0.5) is 0 Å². The van der Waals surface area contributed by atoms with E-state index in [1.165, 1.54) is 238 Å². The number of phosphoric acid groups is 1. The molecule has 0 amide bonds. The lowest BCUT2D eigenvalue weighted by Gasteiger charge is -2.24. The summed E-state index contributed by atoms with van der Waals surface area (Å²) in [5.74, 6) is -0.795. The van der Waals surface area contributed by atoms with E-state index in [0.717, 1.165) is 103 Å². The van der Waals surface area contributed by atoms with Crippen LogP contribution >= 0.6 is 7.82 Å². The van der Waals surface area contributed by atoms with Crippen LogP contribution in [-0.4, -0.2) is 74.9 Å². The number of rotatable bonds is 76. The molecule has 0 aliphatic carbocycles. The number of hydrogen-bond donors (Lipinski definition) is 1. The number of quaternary nitrogens is 1. The summed E-state index contributed by atoms with van der Waals surface area (Å²) in [5.41, 5.74) is 0. The van der Waals surface area contributed by atoms with Gasteiger partial charge in [0.1, 0.15) is 19.8 Å². The third kappa shape index (κ3) is 81.4. The van der Waals surface area contributed by atoms with Crippen LogP contribution in [0.3, 0.4) is 0 Å². The van der Waals surface area contributed by atoms with Crippen molar-refractivity contribution in [3.8, 4) is 0 Å². The molecule has 566 valence electrons. The third-order valence-corrected chi connectivity index (χ3v) is 19.0. The quantitative estimate of drug-likeness (QED) is 0.0211. The fraction of sp³-hybridized carbons (Fsp3) is 0.750. The zero-order chi connectivity index (χ0) is 71.1. The van der Waals surface area contributed by atoms with Crippen molar-refractivity contribution in [2.75, 3.05) is 47.5 Å². The predicted octanol–water partition coefficient (Wildman–Crippen LogP) is 27.7. The Kier molecular flexibility index (Phi) is 74.7. The van der Waals surface area contributed by atoms with Crippen LogP contribution in [-0.2, 0) is 32.7 Å². The number of nitrogens with zero attached hydrogens (tertiary/aromatic N) is 1. The smallest absolute Gasteiger partial charge is 0.462 e. The fourth-order valence-corrected chi connectivity index (χ4v) is 12.5. The summed E-state index contributed by atoms with van der Waals surface area (Å²) in [6.07, 6.45) is 112. The maximum absolute atomic E-state index is 12.9. The molecule has 0 aromatic rings. The molecule has 10 heteroatoms. The van der Waals surface area contributed by atoms with Crippen LogP contribution in [0, 0.1) is 0 Å². The normalized spacial score (nSPS) is 13.7. The van der Waals surface area contributed by atoms with Crippen molar-refractivity contribution in [3.05, 3.63) is 122 Å². The SMILES string of the molecule is CC/C=C\C/C=C\C/C=C\C/C=C\C/C=C\C/C=C\C/C=C\C/C=C\C/C=C\CCCCCCCCCCCC(=O)OC(COC(=O)CCCCCCCCCCCCCCCCCCCCCCCCCCC/C=C\CCCCCCCCCC)COP(=O)(O)OCC[N+](C)(C)C. The van der Waals surface area contributed by atoms with Gasteiger partial charge in [-0.1, -0.05) is 373 Å². The van der Waals surface area contributed by atoms with E-state index in [9.17, 15) is 19.0 Å². The van der Waals surface area contributed by atoms with Crippen LogP contribution in [0.1, 0.15) is 373 Å². The second-order valence-corrected chi connectivity index (χ2v) is 30.2. The van der Waals surface area contributed by atoms with Gasteiger partial charge in [0.05, 0.1) is 27.7 Å². The van der Waals surface area contributed by atoms with Gasteiger partial charge in [0.2, 0.25) is 0 Å². The van der Waals surface area contributed by atoms with Crippen molar-refractivity contribution in [1.29, 1.82) is 0 Å². The van der Waals surface area contributed by atoms with Crippen molar-refractivity contribution >= 4 is 19.8 Å². The van der Waals surface area contributed by atoms with E-state index in [-0.39, 0.29) is 32.0 Å². The Labute approximate surface area is 607 Å². The van der Waals surface area contributed by atoms with Crippen LogP contribution in [0.5, 0.6) is 0 Å². The van der Waals surface area contributed by atoms with Crippen LogP contribution in [0.2, 0.25) is 0 Å². The topological polar surface area (TPSA) is 108 Å². The molecule has 0 aliphatic rings. The van der Waals surface area contributed by atoms with Crippen molar-refractivity contribution in [1.82, 2.24) is 0 Å². The summed E-state index contributed by atoms with van der Waals surface area (Å²) in [4.78, 5) is 36.0. The first-order chi connectivity index (χ1) is 48.0. The van der Waals surface area contributed by atoms with Gasteiger partial charge in [0.25, 0.3) is 0 Å². The Morgan fingerprint density at radius 2 is 0.582 bits per heavy atom. The lowest BCUT2D eigenvalue weighted by atomic mass is 10.0. The third-order valence-electron chi connectivity index (χ3n) is 18.0. The summed E-state index contributed by atoms with van der Waals surface area (Å²) in [7, 11) is 1.47. The number of phosphoric ester groups is 1. The second kappa shape index (κ2) is 77.6. The first kappa shape index (κ1) is 94.4. The number of carbonyl (C=O) groups is 2. The van der Waals surface area contributed by atoms with Gasteiger partial charge in [0.15, 0.2) is 6.10 Å². The number of ether oxygens (including phenoxy) is 2. The van der Waals surface area contributed by atoms with Gasteiger partial charge in [-0.3, -0.25) is 18.6 Å². The van der Waals surface area contributed by atoms with Gasteiger partial charge < -0.3 is 18.9 Å². The monoisotopic (exact) mass is 1390 g/mol. The number of esters is 2. The van der Waals surface area contributed by atoms with E-state index in [1.54, 1.807) is 0 Å². The summed E-state index contributed by atoms with van der Waals surface area (Å²) in [6.45, 7) is 4.35. The zero-order valence-corrected chi connectivity index (χ0v) is 65.6. The lowest BCUT2D eigenvalue weighted by Crippen LogP contribution is -2.37. The number of hydrogen-bond acceptors (Lipinski definition) is 7. The van der Waals surface area contributed by atoms with E-state index in [4.69, 9.17) is 18.5 Å². The summed E-state index contributed by atoms with van der Waals surface area (Å²) in [5, 5.41) is 0. The Hall–Kier alpha value is -3.59. The van der Waals surface area contributed by atoms with Gasteiger partial charge in [-0.15, -0.1) is 0 Å². The standard InChI is InChI=1S/C88H156NO8P/c1-6-8-10-12-14-16-18-20-22-24-26-28-30-32-34-36-38-40-42-44-46-48-50-52-54-56-58-60-62-64-66-68-70-72-74-76-78-80-87(90)94-84-86(85-96-98(92,93)95-83-82-89(3,4)5)97-88(91)81-79-77-75-73-71-69-67-65-63-61-59-57-55-53-51-49-47-45-43-41-39-37-35-33-31-29-27-25-23-21-19-17-15-13-11-9-7-2/h9,11,15,17,21,23-24,26-27,29,33,35,39,41,45,47,51,53,57,59,86H,6-8,10,12-14,16,18-20,22,25,28,30-32,34,36-38,40,42-44,46,48-50,52,54-56,58,60-85H2,1-5H3/p+1/b11-9-,17-15-,23-21-,26-24-,29-27-,35-33-,41-39-,47-45-,53-51-,59-57-. The molecule has 0 saturated heterocycles. The zero-order valence-electron chi connectivity index (χ0n) is 64.8. The molecule has 0 saturated carbocycles. The minimum atomic E-state index is -4.40. The van der Waals surface area contributed by atoms with Gasteiger partial charge in [-0.05, 0) is 109 Å². The molecule has 0 aliphatic heterocycles. The Morgan fingerprint density at radius 1 is 0.327 bits per heavy atom. The molecule has 0 radical (unpaired) electrons. The molecular formula is C88H157NO8P+. The van der Waals surface area contributed by atoms with Crippen molar-refractivity contribution in [2.45, 2.75) is 380 Å². The predicted molar refractivity (Wildman–Crippen MR) is 427 cm³/mol. The summed E-state index contributed by atoms with van der Waals surface area (Å²) < 4.78 is 34.8. The van der Waals surface area contributed by atoms with Crippen molar-refractivity contribution in [2.24, 2.45) is 0 Å². The average molecular weight is 1390 g/mol. The molecule has 0 spiro atoms. The molecule has 1 N–H and O–H groups in total. The van der Waals surface area contributed by atoms with Gasteiger partial charge in [-0.2, -0.15) is 0 Å². The highest BCUT2D eigenvalue weighted by molar-refractivity contribution is 7.47. The minimum Gasteiger partial charge on any atom is -0.462 e. The minimum absolute atomic E-state index is 0.0270. The van der Waals surface area contributed by atoms with Gasteiger partial charge in [-0.25, -0.2) is 4.57 Å². The molecule has 0 heterocycles. The highest BCUT2D eigenvalue weighted by Crippen LogP contribution is 2.43. The van der Waals surface area contributed by atoms with E-state index >= 15 is 0 Å². The summed E-state index contributed by atoms with van der Waals surface area (Å²) in [6, 6.07) is 0. The van der Waals surface area contributed by atoms with Crippen LogP contribution < -0.4 is 0 Å². The first-order valence-corrected chi connectivity index (χ1v) is 42.8. The molecule has 2 atom stereocenters. The molecule has 0 aromatic heterocycles. The van der Waals surface area contributed by atoms with E-state index < -0.39 is 26.5 Å². The second-order valence-electron chi connectivity index (χ2n) is 28.8. The van der Waals surface area contributed by atoms with E-state index in [2.05, 4.69) is 135 Å². The molecule has 9 nitrogen and oxygen atoms in total. The largest absolute Gasteiger partial charge is 0.472 e. The Morgan fingerprint density at radius 3 is 0.878 bits per heavy atom. The maximum Gasteiger partial charge on any atom is 0.472 e. The highest BCUT2D eigenvalue weighted by Gasteiger charge is 2.27. The van der Waals surface area contributed by atoms with Gasteiger partial charge >= 0.3 is 19.8 Å². The number of unbranched alkanes of at least 4 members (excludes halogenated alkanes) is 42. The Balaban J connectivity index is 3.98. The number of allylic oxidation sites excluding steroid dienone is 20.